The van der Waals surface area contributed by atoms with E-state index in [1.165, 1.54) is 5.57 Å². The quantitative estimate of drug-likeness (QED) is 0.224. The van der Waals surface area contributed by atoms with Gasteiger partial charge in [0.15, 0.2) is 0 Å². The normalized spacial score (nSPS) is 53.9. The molecule has 0 amide bonds. The second kappa shape index (κ2) is 11.0. The molecule has 4 N–H and O–H groups in total. The van der Waals surface area contributed by atoms with Crippen LogP contribution in [0.3, 0.4) is 0 Å². The Bertz CT molecular complexity index is 1210. The highest BCUT2D eigenvalue weighted by molar-refractivity contribution is 5.76. The number of carbonyl (C=O) groups excluding carboxylic acids is 1. The molecule has 6 rings (SSSR count). The summed E-state index contributed by atoms with van der Waals surface area (Å²) in [5.41, 5.74) is 0.925. The van der Waals surface area contributed by atoms with Crippen LogP contribution in [0.5, 0.6) is 0 Å². The van der Waals surface area contributed by atoms with Crippen molar-refractivity contribution in [2.45, 2.75) is 143 Å². The highest BCUT2D eigenvalue weighted by Gasteiger charge is 2.69. The van der Waals surface area contributed by atoms with Crippen molar-refractivity contribution in [1.82, 2.24) is 0 Å². The zero-order chi connectivity index (χ0) is 32.9. The van der Waals surface area contributed by atoms with Crippen LogP contribution in [0.15, 0.2) is 11.6 Å². The van der Waals surface area contributed by atoms with Crippen molar-refractivity contribution in [3.63, 3.8) is 0 Å². The lowest BCUT2D eigenvalue weighted by Crippen LogP contribution is -2.65. The summed E-state index contributed by atoms with van der Waals surface area (Å²) in [5, 5.41) is 42.3. The molecule has 5 aliphatic carbocycles. The van der Waals surface area contributed by atoms with Gasteiger partial charge in [-0.15, -0.1) is 0 Å². The Morgan fingerprint density at radius 1 is 0.933 bits per heavy atom. The van der Waals surface area contributed by atoms with Gasteiger partial charge in [-0.3, -0.25) is 9.59 Å². The molecule has 5 fully saturated rings. The predicted molar refractivity (Wildman–Crippen MR) is 169 cm³/mol. The number of aliphatic hydroxyl groups excluding tert-OH is 3. The van der Waals surface area contributed by atoms with Crippen LogP contribution in [0.2, 0.25) is 0 Å². The van der Waals surface area contributed by atoms with Gasteiger partial charge in [0.2, 0.25) is 6.29 Å². The molecule has 0 aromatic rings. The lowest BCUT2D eigenvalue weighted by Gasteiger charge is -2.71. The molecule has 0 aromatic carbocycles. The van der Waals surface area contributed by atoms with Gasteiger partial charge >= 0.3 is 5.97 Å². The molecule has 1 aliphatic heterocycles. The van der Waals surface area contributed by atoms with E-state index in [1.54, 1.807) is 0 Å². The van der Waals surface area contributed by atoms with Gasteiger partial charge in [-0.1, -0.05) is 60.1 Å². The average Bonchev–Trinajstić information content (AvgIpc) is 2.97. The van der Waals surface area contributed by atoms with Crippen LogP contribution in [-0.4, -0.2) is 63.6 Å². The molecule has 4 saturated carbocycles. The molecule has 6 aliphatic rings. The molecule has 1 heterocycles. The van der Waals surface area contributed by atoms with Crippen molar-refractivity contribution in [2.24, 2.45) is 62.6 Å². The van der Waals surface area contributed by atoms with Crippen molar-refractivity contribution in [3.8, 4) is 0 Å². The van der Waals surface area contributed by atoms with Crippen molar-refractivity contribution < 1.29 is 39.5 Å². The number of ether oxygens (including phenoxy) is 2. The van der Waals surface area contributed by atoms with Crippen molar-refractivity contribution >= 4 is 12.4 Å². The van der Waals surface area contributed by atoms with Crippen molar-refractivity contribution in [2.75, 3.05) is 0 Å². The van der Waals surface area contributed by atoms with Crippen LogP contribution in [0.4, 0.5) is 0 Å². The first-order valence-electron chi connectivity index (χ1n) is 17.7. The molecule has 0 bridgehead atoms. The number of hydrogen-bond donors (Lipinski definition) is 4. The minimum atomic E-state index is -1.49. The number of carboxylic acids is 1. The van der Waals surface area contributed by atoms with Gasteiger partial charge in [0.1, 0.15) is 18.3 Å². The number of fused-ring (bicyclic) bond motifs is 7. The van der Waals surface area contributed by atoms with Crippen LogP contribution < -0.4 is 0 Å². The molecule has 8 nitrogen and oxygen atoms in total. The van der Waals surface area contributed by atoms with E-state index < -0.39 is 42.1 Å². The summed E-state index contributed by atoms with van der Waals surface area (Å²) >= 11 is 0. The van der Waals surface area contributed by atoms with Gasteiger partial charge in [-0.25, -0.2) is 0 Å². The maximum atomic E-state index is 13.0. The topological polar surface area (TPSA) is 134 Å². The van der Waals surface area contributed by atoms with Gasteiger partial charge < -0.3 is 29.9 Å². The lowest BCUT2D eigenvalue weighted by molar-refractivity contribution is -0.290. The minimum Gasteiger partial charge on any atom is -0.481 e. The molecule has 5 unspecified atom stereocenters. The molecule has 0 spiro atoms. The first kappa shape index (κ1) is 33.4. The fourth-order valence-corrected chi connectivity index (χ4v) is 12.9. The third-order valence-electron chi connectivity index (χ3n) is 16.0. The number of carbonyl (C=O) groups is 2. The summed E-state index contributed by atoms with van der Waals surface area (Å²) < 4.78 is 10.8. The lowest BCUT2D eigenvalue weighted by atomic mass is 9.33. The van der Waals surface area contributed by atoms with Crippen LogP contribution in [0.1, 0.15) is 113 Å². The third kappa shape index (κ3) is 4.50. The van der Waals surface area contributed by atoms with E-state index >= 15 is 0 Å². The number of allylic oxidation sites excluding steroid dienone is 2. The Labute approximate surface area is 269 Å². The average molecular weight is 631 g/mol. The van der Waals surface area contributed by atoms with E-state index in [0.29, 0.717) is 30.1 Å². The summed E-state index contributed by atoms with van der Waals surface area (Å²) in [5.74, 6) is 1.57. The van der Waals surface area contributed by atoms with Gasteiger partial charge in [-0.05, 0) is 121 Å². The second-order valence-electron chi connectivity index (χ2n) is 17.6. The molecular weight excluding hydrogens is 572 g/mol. The Kier molecular flexibility index (Phi) is 8.19. The van der Waals surface area contributed by atoms with E-state index in [4.69, 9.17) is 9.47 Å². The number of rotatable bonds is 5. The third-order valence-corrected chi connectivity index (χ3v) is 16.0. The summed E-state index contributed by atoms with van der Waals surface area (Å²) in [6, 6.07) is 0. The smallest absolute Gasteiger partial charge is 0.310 e. The standard InChI is InChI=1S/C37H58O8/c1-20-10-15-37(32(42)43)17-16-35(6)23(27(37)21(20)2)8-9-26-34(5)13-11-22(33(3,4)25(34)12-14-36(26,35)7)18-24-28(39)29(40)30(41)31(45-24)44-19-38/h8,19-22,24-31,39-41H,9-18H2,1-7H3,(H,42,43)/t20-,21+,22-,24+,25?,26?,27?,28?,29-,30+,31?,34+,35-,36-,37+/m1/s1. The number of aliphatic hydroxyl groups is 3. The fraction of sp³-hybridized carbons (Fsp3) is 0.892. The highest BCUT2D eigenvalue weighted by Crippen LogP contribution is 2.76. The molecule has 15 atom stereocenters. The summed E-state index contributed by atoms with van der Waals surface area (Å²) in [7, 11) is 0. The Morgan fingerprint density at radius 2 is 1.64 bits per heavy atom. The van der Waals surface area contributed by atoms with Gasteiger partial charge in [-0.2, -0.15) is 0 Å². The van der Waals surface area contributed by atoms with E-state index in [9.17, 15) is 30.0 Å². The van der Waals surface area contributed by atoms with Gasteiger partial charge in [0.25, 0.3) is 6.47 Å². The molecule has 1 saturated heterocycles. The Balaban J connectivity index is 1.29. The first-order chi connectivity index (χ1) is 21.0. The first-order valence-corrected chi connectivity index (χ1v) is 17.7. The van der Waals surface area contributed by atoms with E-state index in [1.807, 2.05) is 0 Å². The van der Waals surface area contributed by atoms with Crippen molar-refractivity contribution in [1.29, 1.82) is 0 Å². The Hall–Kier alpha value is -1.48. The summed E-state index contributed by atoms with van der Waals surface area (Å²) in [6.45, 7) is 17.1. The monoisotopic (exact) mass is 630 g/mol. The minimum absolute atomic E-state index is 0.0234. The number of carboxylic acid groups (broad SMARTS) is 1. The van der Waals surface area contributed by atoms with Crippen molar-refractivity contribution in [3.05, 3.63) is 11.6 Å². The largest absolute Gasteiger partial charge is 0.481 e. The van der Waals surface area contributed by atoms with E-state index in [2.05, 4.69) is 54.5 Å². The molecule has 254 valence electrons. The molecule has 8 heteroatoms. The number of hydrogen-bond acceptors (Lipinski definition) is 7. The van der Waals surface area contributed by atoms with E-state index in [0.717, 1.165) is 57.8 Å². The van der Waals surface area contributed by atoms with Gasteiger partial charge in [0.05, 0.1) is 11.5 Å². The van der Waals surface area contributed by atoms with E-state index in [-0.39, 0.29) is 40.0 Å². The predicted octanol–water partition coefficient (Wildman–Crippen LogP) is 5.72. The molecule has 0 aromatic heterocycles. The molecule has 0 radical (unpaired) electrons. The fourth-order valence-electron chi connectivity index (χ4n) is 12.9. The van der Waals surface area contributed by atoms with Crippen LogP contribution in [0, 0.1) is 62.6 Å². The summed E-state index contributed by atoms with van der Waals surface area (Å²) in [6.07, 6.45) is 5.53. The zero-order valence-corrected chi connectivity index (χ0v) is 28.5. The zero-order valence-electron chi connectivity index (χ0n) is 28.5. The van der Waals surface area contributed by atoms with Crippen LogP contribution in [0.25, 0.3) is 0 Å². The SMILES string of the molecule is C[C@@H]1CC[C@]2(C(=O)O)CC[C@]3(C)C(=CCC4[C@@]5(C)CC[C@H](C[C@@H]6OC(OC=O)[C@@H](O)[C@H](O)C6O)C(C)(C)C5CC[C@]43C)C2[C@H]1C. The molecule has 45 heavy (non-hydrogen) atoms. The molecular formula is C37H58O8. The van der Waals surface area contributed by atoms with Gasteiger partial charge in [0, 0.05) is 0 Å². The maximum Gasteiger partial charge on any atom is 0.310 e. The Morgan fingerprint density at radius 3 is 2.31 bits per heavy atom. The van der Waals surface area contributed by atoms with Crippen LogP contribution in [-0.2, 0) is 19.1 Å². The van der Waals surface area contributed by atoms with Crippen LogP contribution >= 0.6 is 0 Å². The second-order valence-corrected chi connectivity index (χ2v) is 17.6. The highest BCUT2D eigenvalue weighted by atomic mass is 16.7. The maximum absolute atomic E-state index is 13.0. The summed E-state index contributed by atoms with van der Waals surface area (Å²) in [4.78, 5) is 24.0. The number of aliphatic carboxylic acids is 1.